The standard InChI is InChI=1S/C20H14F3N5O/c1-12-25-26-18-9-8-17(27-28(12)18)13-4-3-7-16(11-13)24-19(29)14-5-2-6-15(10-14)20(21,22)23/h2-11H,1H3,(H,24,29). The number of carbonyl (C=O) groups is 1. The molecule has 146 valence electrons. The van der Waals surface area contributed by atoms with E-state index in [0.29, 0.717) is 22.9 Å². The number of nitrogens with zero attached hydrogens (tertiary/aromatic N) is 4. The van der Waals surface area contributed by atoms with Crippen LogP contribution in [0.1, 0.15) is 21.7 Å². The first-order valence-electron chi connectivity index (χ1n) is 8.59. The highest BCUT2D eigenvalue weighted by Crippen LogP contribution is 2.30. The van der Waals surface area contributed by atoms with Gasteiger partial charge in [-0.1, -0.05) is 18.2 Å². The molecule has 0 aliphatic carbocycles. The number of alkyl halides is 3. The van der Waals surface area contributed by atoms with E-state index in [0.717, 1.165) is 17.7 Å². The molecule has 0 bridgehead atoms. The molecular weight excluding hydrogens is 383 g/mol. The van der Waals surface area contributed by atoms with Gasteiger partial charge < -0.3 is 5.32 Å². The van der Waals surface area contributed by atoms with Crippen molar-refractivity contribution < 1.29 is 18.0 Å². The van der Waals surface area contributed by atoms with Crippen LogP contribution >= 0.6 is 0 Å². The second kappa shape index (κ2) is 7.01. The van der Waals surface area contributed by atoms with Crippen molar-refractivity contribution in [3.05, 3.63) is 77.6 Å². The number of halogens is 3. The summed E-state index contributed by atoms with van der Waals surface area (Å²) >= 11 is 0. The van der Waals surface area contributed by atoms with Gasteiger partial charge in [0.15, 0.2) is 11.5 Å². The number of fused-ring (bicyclic) bond motifs is 1. The van der Waals surface area contributed by atoms with E-state index in [2.05, 4.69) is 20.6 Å². The van der Waals surface area contributed by atoms with Crippen LogP contribution in [0, 0.1) is 6.92 Å². The van der Waals surface area contributed by atoms with Gasteiger partial charge in [0, 0.05) is 16.8 Å². The van der Waals surface area contributed by atoms with Gasteiger partial charge in [0.1, 0.15) is 0 Å². The molecule has 9 heteroatoms. The Hall–Kier alpha value is -3.75. The second-order valence-corrected chi connectivity index (χ2v) is 6.35. The Morgan fingerprint density at radius 2 is 1.79 bits per heavy atom. The average molecular weight is 397 g/mol. The molecule has 2 aromatic heterocycles. The highest BCUT2D eigenvalue weighted by Gasteiger charge is 2.30. The highest BCUT2D eigenvalue weighted by atomic mass is 19.4. The first-order valence-corrected chi connectivity index (χ1v) is 8.59. The lowest BCUT2D eigenvalue weighted by Gasteiger charge is -2.10. The van der Waals surface area contributed by atoms with Crippen LogP contribution in [0.2, 0.25) is 0 Å². The van der Waals surface area contributed by atoms with Gasteiger partial charge >= 0.3 is 6.18 Å². The topological polar surface area (TPSA) is 72.2 Å². The fourth-order valence-electron chi connectivity index (χ4n) is 2.85. The fraction of sp³-hybridized carbons (Fsp3) is 0.100. The Labute approximate surface area is 163 Å². The van der Waals surface area contributed by atoms with Gasteiger partial charge in [-0.05, 0) is 49.4 Å². The molecule has 0 aliphatic rings. The third-order valence-corrected chi connectivity index (χ3v) is 4.29. The SMILES string of the molecule is Cc1nnc2ccc(-c3cccc(NC(=O)c4cccc(C(F)(F)F)c4)c3)nn12. The van der Waals surface area contributed by atoms with Crippen LogP contribution in [-0.4, -0.2) is 25.7 Å². The summed E-state index contributed by atoms with van der Waals surface area (Å²) in [6, 6.07) is 14.7. The lowest BCUT2D eigenvalue weighted by molar-refractivity contribution is -0.137. The van der Waals surface area contributed by atoms with Crippen LogP contribution in [0.25, 0.3) is 16.9 Å². The molecule has 0 unspecified atom stereocenters. The number of hydrogen-bond donors (Lipinski definition) is 1. The van der Waals surface area contributed by atoms with Crippen molar-refractivity contribution in [1.29, 1.82) is 0 Å². The predicted octanol–water partition coefficient (Wildman–Crippen LogP) is 4.37. The molecule has 29 heavy (non-hydrogen) atoms. The summed E-state index contributed by atoms with van der Waals surface area (Å²) in [5.74, 6) is 0.00201. The Bertz CT molecular complexity index is 1220. The van der Waals surface area contributed by atoms with E-state index in [4.69, 9.17) is 0 Å². The van der Waals surface area contributed by atoms with E-state index >= 15 is 0 Å². The zero-order chi connectivity index (χ0) is 20.6. The van der Waals surface area contributed by atoms with E-state index in [1.54, 1.807) is 41.8 Å². The lowest BCUT2D eigenvalue weighted by atomic mass is 10.1. The molecule has 1 N–H and O–H groups in total. The fourth-order valence-corrected chi connectivity index (χ4v) is 2.85. The van der Waals surface area contributed by atoms with E-state index in [-0.39, 0.29) is 5.56 Å². The number of carbonyl (C=O) groups excluding carboxylic acids is 1. The van der Waals surface area contributed by atoms with Crippen molar-refractivity contribution in [3.63, 3.8) is 0 Å². The number of aryl methyl sites for hydroxylation is 1. The molecule has 0 fully saturated rings. The summed E-state index contributed by atoms with van der Waals surface area (Å²) in [5, 5.41) is 15.0. The molecule has 0 spiro atoms. The second-order valence-electron chi connectivity index (χ2n) is 6.35. The maximum atomic E-state index is 12.9. The van der Waals surface area contributed by atoms with Crippen molar-refractivity contribution >= 4 is 17.2 Å². The molecule has 1 amide bonds. The summed E-state index contributed by atoms with van der Waals surface area (Å²) in [6.07, 6.45) is -4.51. The third kappa shape index (κ3) is 3.79. The van der Waals surface area contributed by atoms with Crippen molar-refractivity contribution in [2.45, 2.75) is 13.1 Å². The molecule has 0 radical (unpaired) electrons. The van der Waals surface area contributed by atoms with Gasteiger partial charge in [0.25, 0.3) is 5.91 Å². The number of anilines is 1. The molecule has 6 nitrogen and oxygen atoms in total. The van der Waals surface area contributed by atoms with Crippen molar-refractivity contribution in [1.82, 2.24) is 19.8 Å². The molecule has 4 aromatic rings. The summed E-state index contributed by atoms with van der Waals surface area (Å²) in [4.78, 5) is 12.4. The first kappa shape index (κ1) is 18.6. The third-order valence-electron chi connectivity index (χ3n) is 4.29. The Morgan fingerprint density at radius 3 is 2.59 bits per heavy atom. The Balaban J connectivity index is 1.60. The van der Waals surface area contributed by atoms with Crippen LogP contribution in [-0.2, 0) is 6.18 Å². The molecule has 4 rings (SSSR count). The molecule has 0 saturated carbocycles. The van der Waals surface area contributed by atoms with Crippen LogP contribution in [0.4, 0.5) is 18.9 Å². The largest absolute Gasteiger partial charge is 0.416 e. The first-order chi connectivity index (χ1) is 13.8. The number of nitrogens with one attached hydrogen (secondary N) is 1. The van der Waals surface area contributed by atoms with Crippen molar-refractivity contribution in [3.8, 4) is 11.3 Å². The van der Waals surface area contributed by atoms with Gasteiger partial charge in [-0.2, -0.15) is 22.8 Å². The molecule has 2 aromatic carbocycles. The van der Waals surface area contributed by atoms with Gasteiger partial charge in [0.05, 0.1) is 11.3 Å². The van der Waals surface area contributed by atoms with E-state index < -0.39 is 17.6 Å². The normalized spacial score (nSPS) is 11.6. The predicted molar refractivity (Wildman–Crippen MR) is 100 cm³/mol. The monoisotopic (exact) mass is 397 g/mol. The molecular formula is C20H14F3N5O. The zero-order valence-electron chi connectivity index (χ0n) is 15.1. The Kier molecular flexibility index (Phi) is 4.50. The van der Waals surface area contributed by atoms with Gasteiger partial charge in [-0.3, -0.25) is 4.79 Å². The van der Waals surface area contributed by atoms with Crippen molar-refractivity contribution in [2.24, 2.45) is 0 Å². The number of rotatable bonds is 3. The summed E-state index contributed by atoms with van der Waals surface area (Å²) < 4.78 is 40.2. The summed E-state index contributed by atoms with van der Waals surface area (Å²) in [7, 11) is 0. The van der Waals surface area contributed by atoms with Gasteiger partial charge in [-0.15, -0.1) is 10.2 Å². The maximum absolute atomic E-state index is 12.9. The van der Waals surface area contributed by atoms with Crippen LogP contribution in [0.15, 0.2) is 60.7 Å². The maximum Gasteiger partial charge on any atom is 0.416 e. The van der Waals surface area contributed by atoms with Crippen LogP contribution in [0.3, 0.4) is 0 Å². The molecule has 0 saturated heterocycles. The minimum Gasteiger partial charge on any atom is -0.322 e. The molecule has 0 atom stereocenters. The zero-order valence-corrected chi connectivity index (χ0v) is 15.1. The quantitative estimate of drug-likeness (QED) is 0.557. The van der Waals surface area contributed by atoms with E-state index in [1.165, 1.54) is 12.1 Å². The van der Waals surface area contributed by atoms with Gasteiger partial charge in [0.2, 0.25) is 0 Å². The average Bonchev–Trinajstić information content (AvgIpc) is 3.08. The minimum atomic E-state index is -4.51. The summed E-state index contributed by atoms with van der Waals surface area (Å²) in [6.45, 7) is 1.78. The highest BCUT2D eigenvalue weighted by molar-refractivity contribution is 6.04. The van der Waals surface area contributed by atoms with Crippen LogP contribution < -0.4 is 5.32 Å². The number of aromatic nitrogens is 4. The lowest BCUT2D eigenvalue weighted by Crippen LogP contribution is -2.14. The number of benzene rings is 2. The Morgan fingerprint density at radius 1 is 1.00 bits per heavy atom. The van der Waals surface area contributed by atoms with Gasteiger partial charge in [-0.25, -0.2) is 0 Å². The van der Waals surface area contributed by atoms with E-state index in [9.17, 15) is 18.0 Å². The molecule has 2 heterocycles. The molecule has 0 aliphatic heterocycles. The smallest absolute Gasteiger partial charge is 0.322 e. The van der Waals surface area contributed by atoms with Crippen LogP contribution in [0.5, 0.6) is 0 Å². The van der Waals surface area contributed by atoms with Crippen molar-refractivity contribution in [2.75, 3.05) is 5.32 Å². The minimum absolute atomic E-state index is 0.0788. The van der Waals surface area contributed by atoms with E-state index in [1.807, 2.05) is 6.07 Å². The number of hydrogen-bond acceptors (Lipinski definition) is 4. The number of amides is 1. The summed E-state index contributed by atoms with van der Waals surface area (Å²) in [5.41, 5.74) is 1.45.